The minimum Gasteiger partial charge on any atom is -0.429 e. The van der Waals surface area contributed by atoms with E-state index in [-0.39, 0.29) is 18.8 Å². The van der Waals surface area contributed by atoms with Gasteiger partial charge >= 0.3 is 6.16 Å². The van der Waals surface area contributed by atoms with E-state index < -0.39 is 32.9 Å². The fourth-order valence-electron chi connectivity index (χ4n) is 5.11. The number of benzene rings is 2. The zero-order valence-corrected chi connectivity index (χ0v) is 24.2. The smallest absolute Gasteiger partial charge is 0.429 e. The van der Waals surface area contributed by atoms with Gasteiger partial charge in [-0.2, -0.15) is 0 Å². The maximum Gasteiger partial charge on any atom is 0.514 e. The SMILES string of the molecule is O=C(C[C@]1(c2ccc(-c3ccc(COC(=O)Oc4ccccc4)cc3)s2)CCCCS1(=O)=O)NOC1CCCCO1. The number of thiophene rings is 1. The van der Waals surface area contributed by atoms with Crippen molar-refractivity contribution < 1.29 is 37.1 Å². The molecule has 0 spiro atoms. The maximum atomic E-state index is 13.5. The molecule has 2 aliphatic heterocycles. The Hall–Kier alpha value is -3.25. The fraction of sp³-hybridized carbons (Fsp3) is 0.400. The average molecular weight is 600 g/mol. The lowest BCUT2D eigenvalue weighted by Crippen LogP contribution is -2.45. The second-order valence-electron chi connectivity index (χ2n) is 10.2. The summed E-state index contributed by atoms with van der Waals surface area (Å²) in [5.74, 6) is -0.0290. The van der Waals surface area contributed by atoms with Gasteiger partial charge in [0.05, 0.1) is 12.2 Å². The number of hydroxylamine groups is 1. The Morgan fingerprint density at radius 1 is 0.976 bits per heavy atom. The number of carbonyl (C=O) groups excluding carboxylic acids is 2. The van der Waals surface area contributed by atoms with Crippen LogP contribution >= 0.6 is 11.3 Å². The summed E-state index contributed by atoms with van der Waals surface area (Å²) < 4.78 is 41.5. The maximum absolute atomic E-state index is 13.5. The third-order valence-electron chi connectivity index (χ3n) is 7.32. The highest BCUT2D eigenvalue weighted by Gasteiger charge is 2.49. The first-order valence-corrected chi connectivity index (χ1v) is 16.2. The van der Waals surface area contributed by atoms with Crippen molar-refractivity contribution in [3.05, 3.63) is 77.2 Å². The highest BCUT2D eigenvalue weighted by atomic mass is 32.2. The average Bonchev–Trinajstić information content (AvgIpc) is 3.48. The molecule has 11 heteroatoms. The summed E-state index contributed by atoms with van der Waals surface area (Å²) in [6.45, 7) is 0.623. The number of nitrogens with one attached hydrogen (secondary N) is 1. The number of para-hydroxylation sites is 1. The summed E-state index contributed by atoms with van der Waals surface area (Å²) in [6.07, 6.45) is 2.75. The topological polar surface area (TPSA) is 117 Å². The number of rotatable bonds is 9. The predicted molar refractivity (Wildman–Crippen MR) is 154 cm³/mol. The number of hydrogen-bond acceptors (Lipinski definition) is 9. The summed E-state index contributed by atoms with van der Waals surface area (Å²) in [5, 5.41) is 0. The Bertz CT molecular complexity index is 1430. The summed E-state index contributed by atoms with van der Waals surface area (Å²) in [6, 6.07) is 19.9. The van der Waals surface area contributed by atoms with E-state index in [0.717, 1.165) is 28.8 Å². The van der Waals surface area contributed by atoms with Crippen LogP contribution in [0.4, 0.5) is 4.79 Å². The first-order valence-electron chi connectivity index (χ1n) is 13.7. The van der Waals surface area contributed by atoms with Crippen molar-refractivity contribution in [2.24, 2.45) is 0 Å². The lowest BCUT2D eigenvalue weighted by Gasteiger charge is -2.35. The van der Waals surface area contributed by atoms with Crippen LogP contribution < -0.4 is 10.2 Å². The first-order chi connectivity index (χ1) is 19.8. The monoisotopic (exact) mass is 599 g/mol. The minimum atomic E-state index is -3.59. The van der Waals surface area contributed by atoms with Gasteiger partial charge in [-0.05, 0) is 61.1 Å². The van der Waals surface area contributed by atoms with Gasteiger partial charge in [-0.3, -0.25) is 4.79 Å². The Morgan fingerprint density at radius 3 is 2.51 bits per heavy atom. The minimum absolute atomic E-state index is 0.0432. The standard InChI is InChI=1S/C30H33NO8S2/c32-27(31-39-28-10-4-6-18-36-28)20-30(17-5-7-19-41(30,34)35)26-16-15-25(40-26)23-13-11-22(12-14-23)21-37-29(33)38-24-8-2-1-3-9-24/h1-3,8-9,11-16,28H,4-7,10,17-21H2,(H,31,32)/t28?,30-/m0/s1. The summed E-state index contributed by atoms with van der Waals surface area (Å²) >= 11 is 1.38. The molecule has 0 radical (unpaired) electrons. The van der Waals surface area contributed by atoms with E-state index in [0.29, 0.717) is 42.9 Å². The molecule has 3 aromatic rings. The fourth-order valence-corrected chi connectivity index (χ4v) is 8.89. The van der Waals surface area contributed by atoms with Crippen molar-refractivity contribution in [2.75, 3.05) is 12.4 Å². The highest BCUT2D eigenvalue weighted by Crippen LogP contribution is 2.47. The molecule has 2 aromatic carbocycles. The zero-order chi connectivity index (χ0) is 28.7. The third kappa shape index (κ3) is 7.16. The van der Waals surface area contributed by atoms with E-state index in [1.165, 1.54) is 11.3 Å². The van der Waals surface area contributed by atoms with Gasteiger partial charge in [0.25, 0.3) is 0 Å². The number of ether oxygens (including phenoxy) is 3. The second-order valence-corrected chi connectivity index (χ2v) is 13.7. The molecule has 2 atom stereocenters. The van der Waals surface area contributed by atoms with Crippen molar-refractivity contribution in [2.45, 2.75) is 62.6 Å². The Kier molecular flexibility index (Phi) is 9.39. The van der Waals surface area contributed by atoms with Crippen molar-refractivity contribution in [3.63, 3.8) is 0 Å². The largest absolute Gasteiger partial charge is 0.514 e. The van der Waals surface area contributed by atoms with Crippen LogP contribution in [0, 0.1) is 0 Å². The molecule has 9 nitrogen and oxygen atoms in total. The van der Waals surface area contributed by atoms with Crippen LogP contribution in [0.25, 0.3) is 10.4 Å². The molecule has 0 bridgehead atoms. The van der Waals surface area contributed by atoms with Gasteiger partial charge in [-0.1, -0.05) is 48.9 Å². The summed E-state index contributed by atoms with van der Waals surface area (Å²) in [5.41, 5.74) is 4.11. The molecule has 41 heavy (non-hydrogen) atoms. The summed E-state index contributed by atoms with van der Waals surface area (Å²) in [7, 11) is -3.59. The molecule has 1 unspecified atom stereocenters. The lowest BCUT2D eigenvalue weighted by molar-refractivity contribution is -0.200. The molecule has 2 aliphatic rings. The van der Waals surface area contributed by atoms with Gasteiger partial charge in [-0.15, -0.1) is 11.3 Å². The number of sulfone groups is 1. The van der Waals surface area contributed by atoms with E-state index in [1.54, 1.807) is 24.3 Å². The Morgan fingerprint density at radius 2 is 1.78 bits per heavy atom. The van der Waals surface area contributed by atoms with Crippen LogP contribution in [0.1, 0.15) is 55.4 Å². The van der Waals surface area contributed by atoms with E-state index in [9.17, 15) is 18.0 Å². The molecule has 0 saturated carbocycles. The van der Waals surface area contributed by atoms with Gasteiger partial charge in [0.1, 0.15) is 17.1 Å². The quantitative estimate of drug-likeness (QED) is 0.184. The van der Waals surface area contributed by atoms with Crippen LogP contribution in [0.15, 0.2) is 66.7 Å². The predicted octanol–water partition coefficient (Wildman–Crippen LogP) is 5.89. The molecule has 1 amide bonds. The zero-order valence-electron chi connectivity index (χ0n) is 22.6. The molecule has 2 saturated heterocycles. The Balaban J connectivity index is 1.25. The van der Waals surface area contributed by atoms with Crippen LogP contribution in [0.5, 0.6) is 5.75 Å². The number of amides is 1. The van der Waals surface area contributed by atoms with E-state index in [2.05, 4.69) is 5.48 Å². The molecule has 1 N–H and O–H groups in total. The third-order valence-corrected chi connectivity index (χ3v) is 11.4. The van der Waals surface area contributed by atoms with E-state index >= 15 is 0 Å². The van der Waals surface area contributed by atoms with Gasteiger partial charge in [0, 0.05) is 22.8 Å². The second kappa shape index (κ2) is 13.2. The highest BCUT2D eigenvalue weighted by molar-refractivity contribution is 7.92. The lowest BCUT2D eigenvalue weighted by atomic mass is 9.94. The van der Waals surface area contributed by atoms with Crippen molar-refractivity contribution >= 4 is 33.2 Å². The van der Waals surface area contributed by atoms with Gasteiger partial charge in [0.2, 0.25) is 5.91 Å². The number of carbonyl (C=O) groups is 2. The van der Waals surface area contributed by atoms with Crippen molar-refractivity contribution in [1.82, 2.24) is 5.48 Å². The molecule has 218 valence electrons. The molecule has 5 rings (SSSR count). The van der Waals surface area contributed by atoms with Gasteiger partial charge in [-0.25, -0.2) is 23.5 Å². The normalized spacial score (nSPS) is 22.0. The Labute approximate surface area is 243 Å². The molecular weight excluding hydrogens is 566 g/mol. The van der Waals surface area contributed by atoms with E-state index in [1.807, 2.05) is 42.5 Å². The van der Waals surface area contributed by atoms with Crippen molar-refractivity contribution in [1.29, 1.82) is 0 Å². The molecular formula is C30H33NO8S2. The van der Waals surface area contributed by atoms with Crippen LogP contribution in [0.2, 0.25) is 0 Å². The van der Waals surface area contributed by atoms with Gasteiger partial charge < -0.3 is 14.2 Å². The first kappa shape index (κ1) is 29.2. The summed E-state index contributed by atoms with van der Waals surface area (Å²) in [4.78, 5) is 31.9. The van der Waals surface area contributed by atoms with E-state index in [4.69, 9.17) is 19.0 Å². The molecule has 1 aromatic heterocycles. The van der Waals surface area contributed by atoms with Crippen LogP contribution in [-0.2, 0) is 40.3 Å². The van der Waals surface area contributed by atoms with Crippen LogP contribution in [-0.4, -0.2) is 39.1 Å². The van der Waals surface area contributed by atoms with Crippen molar-refractivity contribution in [3.8, 4) is 16.2 Å². The number of hydrogen-bond donors (Lipinski definition) is 1. The molecule has 3 heterocycles. The van der Waals surface area contributed by atoms with Crippen LogP contribution in [0.3, 0.4) is 0 Å². The van der Waals surface area contributed by atoms with Gasteiger partial charge in [0.15, 0.2) is 16.1 Å². The molecule has 2 fully saturated rings. The molecule has 0 aliphatic carbocycles.